The number of methoxy groups -OCH3 is 1. The van der Waals surface area contributed by atoms with Crippen molar-refractivity contribution in [2.75, 3.05) is 26.8 Å². The maximum absolute atomic E-state index is 11.7. The van der Waals surface area contributed by atoms with Crippen LogP contribution in [0.5, 0.6) is 0 Å². The van der Waals surface area contributed by atoms with Gasteiger partial charge in [-0.1, -0.05) is 0 Å². The fourth-order valence-electron chi connectivity index (χ4n) is 2.05. The molecule has 0 aromatic rings. The number of amides is 1. The summed E-state index contributed by atoms with van der Waals surface area (Å²) < 4.78 is 10.7. The van der Waals surface area contributed by atoms with E-state index >= 15 is 0 Å². The van der Waals surface area contributed by atoms with E-state index in [-0.39, 0.29) is 23.7 Å². The van der Waals surface area contributed by atoms with Gasteiger partial charge in [0.2, 0.25) is 5.91 Å². The molecule has 1 fully saturated rings. The highest BCUT2D eigenvalue weighted by Crippen LogP contribution is 2.28. The van der Waals surface area contributed by atoms with E-state index in [1.54, 1.807) is 7.11 Å². The Bertz CT molecular complexity index is 269. The molecular formula is C13H26N2O3. The molecule has 1 heterocycles. The average Bonchev–Trinajstić information content (AvgIpc) is 2.66. The second kappa shape index (κ2) is 7.07. The van der Waals surface area contributed by atoms with Crippen molar-refractivity contribution in [2.24, 2.45) is 0 Å². The molecule has 5 heteroatoms. The summed E-state index contributed by atoms with van der Waals surface area (Å²) in [5.41, 5.74) is -0.0176. The van der Waals surface area contributed by atoms with Crippen molar-refractivity contribution in [3.8, 4) is 0 Å². The molecule has 1 aliphatic heterocycles. The molecule has 0 aromatic heterocycles. The summed E-state index contributed by atoms with van der Waals surface area (Å²) in [7, 11) is 1.62. The first kappa shape index (κ1) is 15.4. The number of ether oxygens (including phenoxy) is 2. The lowest BCUT2D eigenvalue weighted by atomic mass is 10.1. The van der Waals surface area contributed by atoms with Gasteiger partial charge in [-0.3, -0.25) is 4.79 Å². The first-order chi connectivity index (χ1) is 8.44. The minimum atomic E-state index is -0.200. The van der Waals surface area contributed by atoms with Crippen LogP contribution < -0.4 is 10.6 Å². The van der Waals surface area contributed by atoms with Crippen molar-refractivity contribution in [1.29, 1.82) is 0 Å². The van der Waals surface area contributed by atoms with Gasteiger partial charge in [-0.05, 0) is 33.6 Å². The van der Waals surface area contributed by atoms with Crippen LogP contribution in [0.1, 0.15) is 33.6 Å². The van der Waals surface area contributed by atoms with Crippen LogP contribution in [0.15, 0.2) is 0 Å². The van der Waals surface area contributed by atoms with Crippen LogP contribution in [0.4, 0.5) is 0 Å². The molecule has 2 N–H and O–H groups in total. The average molecular weight is 258 g/mol. The van der Waals surface area contributed by atoms with Gasteiger partial charge in [-0.2, -0.15) is 0 Å². The van der Waals surface area contributed by atoms with Crippen LogP contribution in [0.3, 0.4) is 0 Å². The highest BCUT2D eigenvalue weighted by Gasteiger charge is 2.31. The zero-order chi connectivity index (χ0) is 13.6. The summed E-state index contributed by atoms with van der Waals surface area (Å²) in [5.74, 6) is 0.00399. The smallest absolute Gasteiger partial charge is 0.236 e. The SMILES string of the molecule is COCCNC(=O)C(C)NCC1CCC(C)(C)O1. The van der Waals surface area contributed by atoms with Gasteiger partial charge >= 0.3 is 0 Å². The number of hydrogen-bond acceptors (Lipinski definition) is 4. The highest BCUT2D eigenvalue weighted by molar-refractivity contribution is 5.81. The molecule has 0 bridgehead atoms. The van der Waals surface area contributed by atoms with Crippen molar-refractivity contribution in [1.82, 2.24) is 10.6 Å². The van der Waals surface area contributed by atoms with Gasteiger partial charge in [-0.25, -0.2) is 0 Å². The van der Waals surface area contributed by atoms with Crippen LogP contribution in [0.25, 0.3) is 0 Å². The van der Waals surface area contributed by atoms with E-state index in [9.17, 15) is 4.79 Å². The molecule has 18 heavy (non-hydrogen) atoms. The fourth-order valence-corrected chi connectivity index (χ4v) is 2.05. The first-order valence-electron chi connectivity index (χ1n) is 6.62. The highest BCUT2D eigenvalue weighted by atomic mass is 16.5. The Kier molecular flexibility index (Phi) is 6.05. The predicted molar refractivity (Wildman–Crippen MR) is 70.5 cm³/mol. The molecule has 0 radical (unpaired) electrons. The third-order valence-corrected chi connectivity index (χ3v) is 3.20. The number of rotatable bonds is 7. The Morgan fingerprint density at radius 1 is 1.56 bits per heavy atom. The molecule has 5 nitrogen and oxygen atoms in total. The van der Waals surface area contributed by atoms with Crippen LogP contribution in [-0.2, 0) is 14.3 Å². The summed E-state index contributed by atoms with van der Waals surface area (Å²) in [6.45, 7) is 7.89. The van der Waals surface area contributed by atoms with Crippen molar-refractivity contribution >= 4 is 5.91 Å². The van der Waals surface area contributed by atoms with E-state index in [1.165, 1.54) is 0 Å². The maximum atomic E-state index is 11.7. The fraction of sp³-hybridized carbons (Fsp3) is 0.923. The first-order valence-corrected chi connectivity index (χ1v) is 6.62. The van der Waals surface area contributed by atoms with Crippen LogP contribution in [-0.4, -0.2) is 50.5 Å². The van der Waals surface area contributed by atoms with E-state index in [1.807, 2.05) is 6.92 Å². The summed E-state index contributed by atoms with van der Waals surface area (Å²) in [5, 5.41) is 6.02. The largest absolute Gasteiger partial charge is 0.383 e. The van der Waals surface area contributed by atoms with Gasteiger partial charge in [0.25, 0.3) is 0 Å². The minimum Gasteiger partial charge on any atom is -0.383 e. The topological polar surface area (TPSA) is 59.6 Å². The minimum absolute atomic E-state index is 0.00399. The summed E-state index contributed by atoms with van der Waals surface area (Å²) in [4.78, 5) is 11.7. The van der Waals surface area contributed by atoms with Gasteiger partial charge in [0.05, 0.1) is 24.4 Å². The van der Waals surface area contributed by atoms with E-state index in [0.29, 0.717) is 13.2 Å². The van der Waals surface area contributed by atoms with Crippen molar-refractivity contribution in [2.45, 2.75) is 51.4 Å². The lowest BCUT2D eigenvalue weighted by molar-refractivity contribution is -0.123. The third kappa shape index (κ3) is 5.33. The second-order valence-electron chi connectivity index (χ2n) is 5.45. The summed E-state index contributed by atoms with van der Waals surface area (Å²) >= 11 is 0. The van der Waals surface area contributed by atoms with Gasteiger partial charge in [-0.15, -0.1) is 0 Å². The number of hydrogen-bond donors (Lipinski definition) is 2. The van der Waals surface area contributed by atoms with E-state index in [4.69, 9.17) is 9.47 Å². The molecule has 0 spiro atoms. The molecule has 1 saturated heterocycles. The Hall–Kier alpha value is -0.650. The zero-order valence-corrected chi connectivity index (χ0v) is 11.9. The Morgan fingerprint density at radius 3 is 2.83 bits per heavy atom. The molecule has 2 atom stereocenters. The number of nitrogens with one attached hydrogen (secondary N) is 2. The standard InChI is InChI=1S/C13H26N2O3/c1-10(12(16)14-7-8-17-4)15-9-11-5-6-13(2,3)18-11/h10-11,15H,5-9H2,1-4H3,(H,14,16). The lowest BCUT2D eigenvalue weighted by Gasteiger charge is -2.21. The van der Waals surface area contributed by atoms with E-state index in [2.05, 4.69) is 24.5 Å². The van der Waals surface area contributed by atoms with E-state index < -0.39 is 0 Å². The normalized spacial score (nSPS) is 23.9. The Morgan fingerprint density at radius 2 is 2.28 bits per heavy atom. The molecular weight excluding hydrogens is 232 g/mol. The van der Waals surface area contributed by atoms with Crippen LogP contribution >= 0.6 is 0 Å². The van der Waals surface area contributed by atoms with Crippen LogP contribution in [0.2, 0.25) is 0 Å². The van der Waals surface area contributed by atoms with Gasteiger partial charge in [0.1, 0.15) is 0 Å². The molecule has 106 valence electrons. The molecule has 1 rings (SSSR count). The monoisotopic (exact) mass is 258 g/mol. The molecule has 2 unspecified atom stereocenters. The number of carbonyl (C=O) groups excluding carboxylic acids is 1. The van der Waals surface area contributed by atoms with Gasteiger partial charge < -0.3 is 20.1 Å². The molecule has 1 amide bonds. The van der Waals surface area contributed by atoms with Gasteiger partial charge in [0, 0.05) is 20.2 Å². The molecule has 0 aliphatic carbocycles. The Labute approximate surface area is 110 Å². The lowest BCUT2D eigenvalue weighted by Crippen LogP contribution is -2.45. The van der Waals surface area contributed by atoms with Crippen molar-refractivity contribution < 1.29 is 14.3 Å². The van der Waals surface area contributed by atoms with E-state index in [0.717, 1.165) is 19.4 Å². The second-order valence-corrected chi connectivity index (χ2v) is 5.45. The molecule has 0 aromatic carbocycles. The van der Waals surface area contributed by atoms with Gasteiger partial charge in [0.15, 0.2) is 0 Å². The Balaban J connectivity index is 2.16. The summed E-state index contributed by atoms with van der Waals surface area (Å²) in [6, 6.07) is -0.200. The maximum Gasteiger partial charge on any atom is 0.236 e. The van der Waals surface area contributed by atoms with Crippen molar-refractivity contribution in [3.05, 3.63) is 0 Å². The molecule has 1 aliphatic rings. The number of carbonyl (C=O) groups is 1. The summed E-state index contributed by atoms with van der Waals surface area (Å²) in [6.07, 6.45) is 2.35. The third-order valence-electron chi connectivity index (χ3n) is 3.20. The quantitative estimate of drug-likeness (QED) is 0.660. The van der Waals surface area contributed by atoms with Crippen LogP contribution in [0, 0.1) is 0 Å². The molecule has 0 saturated carbocycles. The predicted octanol–water partition coefficient (Wildman–Crippen LogP) is 0.685. The van der Waals surface area contributed by atoms with Crippen molar-refractivity contribution in [3.63, 3.8) is 0 Å². The zero-order valence-electron chi connectivity index (χ0n) is 11.9.